The van der Waals surface area contributed by atoms with Gasteiger partial charge < -0.3 is 5.32 Å². The molecule has 2 N–H and O–H groups in total. The van der Waals surface area contributed by atoms with Gasteiger partial charge in [0.2, 0.25) is 11.7 Å². The van der Waals surface area contributed by atoms with Crippen molar-refractivity contribution < 1.29 is 4.79 Å². The van der Waals surface area contributed by atoms with Gasteiger partial charge in [0.1, 0.15) is 6.04 Å². The number of hydrogen-bond acceptors (Lipinski definition) is 5. The summed E-state index contributed by atoms with van der Waals surface area (Å²) in [5.41, 5.74) is 2.74. The standard InChI is InChI=1S/C15H17N7O/c1-10-13(9-17-18-10)8-16-15(23)11(2)22-20-14(19-21-22)12-6-4-3-5-7-12/h3-7,9,11H,8H2,1-2H3,(H,16,23)(H,17,18)/t11-/m1/s1. The molecule has 2 aromatic heterocycles. The second-order valence-corrected chi connectivity index (χ2v) is 5.21. The summed E-state index contributed by atoms with van der Waals surface area (Å²) in [6.45, 7) is 4.04. The lowest BCUT2D eigenvalue weighted by Gasteiger charge is -2.10. The molecular weight excluding hydrogens is 294 g/mol. The van der Waals surface area contributed by atoms with Crippen molar-refractivity contribution in [2.75, 3.05) is 0 Å². The Kier molecular flexibility index (Phi) is 4.13. The summed E-state index contributed by atoms with van der Waals surface area (Å²) in [6, 6.07) is 8.97. The number of aryl methyl sites for hydroxylation is 1. The van der Waals surface area contributed by atoms with E-state index in [9.17, 15) is 4.79 Å². The Labute approximate surface area is 132 Å². The van der Waals surface area contributed by atoms with Crippen molar-refractivity contribution in [3.63, 3.8) is 0 Å². The number of nitrogens with one attached hydrogen (secondary N) is 2. The zero-order chi connectivity index (χ0) is 16.2. The molecule has 1 atom stereocenters. The Morgan fingerprint density at radius 3 is 2.83 bits per heavy atom. The van der Waals surface area contributed by atoms with Crippen molar-refractivity contribution in [3.8, 4) is 11.4 Å². The van der Waals surface area contributed by atoms with Gasteiger partial charge in [-0.25, -0.2) is 0 Å². The normalized spacial score (nSPS) is 12.1. The fraction of sp³-hybridized carbons (Fsp3) is 0.267. The second-order valence-electron chi connectivity index (χ2n) is 5.21. The molecule has 0 radical (unpaired) electrons. The van der Waals surface area contributed by atoms with Gasteiger partial charge in [-0.15, -0.1) is 10.2 Å². The SMILES string of the molecule is Cc1[nH]ncc1CNC(=O)[C@@H](C)n1nnc(-c2ccccc2)n1. The molecule has 0 aliphatic rings. The number of benzene rings is 1. The van der Waals surface area contributed by atoms with Gasteiger partial charge in [0, 0.05) is 23.4 Å². The molecule has 2 heterocycles. The highest BCUT2D eigenvalue weighted by Crippen LogP contribution is 2.13. The van der Waals surface area contributed by atoms with Crippen molar-refractivity contribution in [2.24, 2.45) is 0 Å². The monoisotopic (exact) mass is 311 g/mol. The maximum atomic E-state index is 12.2. The molecule has 0 saturated heterocycles. The minimum absolute atomic E-state index is 0.178. The molecule has 0 aliphatic heterocycles. The van der Waals surface area contributed by atoms with Crippen LogP contribution in [0.5, 0.6) is 0 Å². The molecule has 0 saturated carbocycles. The fourth-order valence-electron chi connectivity index (χ4n) is 2.08. The van der Waals surface area contributed by atoms with Gasteiger partial charge in [0.05, 0.1) is 6.20 Å². The van der Waals surface area contributed by atoms with Crippen LogP contribution in [0.2, 0.25) is 0 Å². The van der Waals surface area contributed by atoms with Crippen LogP contribution in [0.3, 0.4) is 0 Å². The van der Waals surface area contributed by atoms with E-state index in [1.165, 1.54) is 4.80 Å². The molecule has 0 unspecified atom stereocenters. The quantitative estimate of drug-likeness (QED) is 0.738. The predicted molar refractivity (Wildman–Crippen MR) is 83.1 cm³/mol. The lowest BCUT2D eigenvalue weighted by Crippen LogP contribution is -2.31. The summed E-state index contributed by atoms with van der Waals surface area (Å²) >= 11 is 0. The van der Waals surface area contributed by atoms with Crippen molar-refractivity contribution in [1.29, 1.82) is 0 Å². The van der Waals surface area contributed by atoms with Crippen LogP contribution in [0.4, 0.5) is 0 Å². The summed E-state index contributed by atoms with van der Waals surface area (Å²) < 4.78 is 0. The Hall–Kier alpha value is -3.03. The molecule has 0 bridgehead atoms. The maximum Gasteiger partial charge on any atom is 0.246 e. The Morgan fingerprint density at radius 2 is 2.13 bits per heavy atom. The lowest BCUT2D eigenvalue weighted by atomic mass is 10.2. The molecule has 8 nitrogen and oxygen atoms in total. The summed E-state index contributed by atoms with van der Waals surface area (Å²) in [5, 5.41) is 21.9. The van der Waals surface area contributed by atoms with Crippen LogP contribution in [-0.4, -0.2) is 36.3 Å². The molecule has 8 heteroatoms. The number of aromatic amines is 1. The van der Waals surface area contributed by atoms with E-state index in [1.807, 2.05) is 37.3 Å². The first-order valence-electron chi connectivity index (χ1n) is 7.26. The van der Waals surface area contributed by atoms with Crippen molar-refractivity contribution in [1.82, 2.24) is 35.7 Å². The third kappa shape index (κ3) is 3.25. The summed E-state index contributed by atoms with van der Waals surface area (Å²) in [5.74, 6) is 0.318. The van der Waals surface area contributed by atoms with E-state index >= 15 is 0 Å². The van der Waals surface area contributed by atoms with E-state index in [4.69, 9.17) is 0 Å². The van der Waals surface area contributed by atoms with E-state index in [1.54, 1.807) is 13.1 Å². The van der Waals surface area contributed by atoms with Gasteiger partial charge in [-0.1, -0.05) is 30.3 Å². The molecule has 0 aliphatic carbocycles. The van der Waals surface area contributed by atoms with E-state index in [2.05, 4.69) is 30.9 Å². The van der Waals surface area contributed by atoms with Crippen LogP contribution in [0, 0.1) is 6.92 Å². The number of H-pyrrole nitrogens is 1. The highest BCUT2D eigenvalue weighted by molar-refractivity contribution is 5.79. The second kappa shape index (κ2) is 6.39. The molecule has 23 heavy (non-hydrogen) atoms. The Balaban J connectivity index is 1.66. The largest absolute Gasteiger partial charge is 0.350 e. The number of nitrogens with zero attached hydrogens (tertiary/aromatic N) is 5. The van der Waals surface area contributed by atoms with Gasteiger partial charge in [0.25, 0.3) is 0 Å². The molecular formula is C15H17N7O. The van der Waals surface area contributed by atoms with Crippen molar-refractivity contribution >= 4 is 5.91 Å². The number of aromatic nitrogens is 6. The van der Waals surface area contributed by atoms with Crippen molar-refractivity contribution in [3.05, 3.63) is 47.8 Å². The first-order valence-corrected chi connectivity index (χ1v) is 7.26. The fourth-order valence-corrected chi connectivity index (χ4v) is 2.08. The summed E-state index contributed by atoms with van der Waals surface area (Å²) in [7, 11) is 0. The molecule has 0 fully saturated rings. The summed E-state index contributed by atoms with van der Waals surface area (Å²) in [4.78, 5) is 13.5. The number of rotatable bonds is 5. The van der Waals surface area contributed by atoms with Gasteiger partial charge in [-0.2, -0.15) is 9.90 Å². The Bertz CT molecular complexity index is 793. The smallest absolute Gasteiger partial charge is 0.246 e. The van der Waals surface area contributed by atoms with E-state index < -0.39 is 6.04 Å². The van der Waals surface area contributed by atoms with Gasteiger partial charge in [-0.3, -0.25) is 9.89 Å². The van der Waals surface area contributed by atoms with Gasteiger partial charge >= 0.3 is 0 Å². The number of carbonyl (C=O) groups excluding carboxylic acids is 1. The average Bonchev–Trinajstić information content (AvgIpc) is 3.22. The molecule has 3 aromatic rings. The minimum Gasteiger partial charge on any atom is -0.350 e. The van der Waals surface area contributed by atoms with E-state index in [-0.39, 0.29) is 5.91 Å². The van der Waals surface area contributed by atoms with Gasteiger partial charge in [-0.05, 0) is 19.1 Å². The third-order valence-corrected chi connectivity index (χ3v) is 3.57. The number of tetrazole rings is 1. The molecule has 1 aromatic carbocycles. The van der Waals surface area contributed by atoms with Crippen LogP contribution in [-0.2, 0) is 11.3 Å². The minimum atomic E-state index is -0.549. The zero-order valence-corrected chi connectivity index (χ0v) is 12.9. The van der Waals surface area contributed by atoms with E-state index in [0.29, 0.717) is 12.4 Å². The first kappa shape index (κ1) is 14.9. The average molecular weight is 311 g/mol. The van der Waals surface area contributed by atoms with Crippen LogP contribution in [0.1, 0.15) is 24.2 Å². The molecule has 118 valence electrons. The first-order chi connectivity index (χ1) is 11.1. The van der Waals surface area contributed by atoms with Crippen LogP contribution in [0.25, 0.3) is 11.4 Å². The highest BCUT2D eigenvalue weighted by Gasteiger charge is 2.18. The number of hydrogen-bond donors (Lipinski definition) is 2. The number of amides is 1. The van der Waals surface area contributed by atoms with Crippen LogP contribution < -0.4 is 5.32 Å². The molecule has 1 amide bonds. The van der Waals surface area contributed by atoms with Crippen LogP contribution in [0.15, 0.2) is 36.5 Å². The topological polar surface area (TPSA) is 101 Å². The van der Waals surface area contributed by atoms with Crippen molar-refractivity contribution in [2.45, 2.75) is 26.4 Å². The predicted octanol–water partition coefficient (Wildman–Crippen LogP) is 1.25. The lowest BCUT2D eigenvalue weighted by molar-refractivity contribution is -0.124. The summed E-state index contributed by atoms with van der Waals surface area (Å²) in [6.07, 6.45) is 1.70. The highest BCUT2D eigenvalue weighted by atomic mass is 16.2. The number of carbonyl (C=O) groups is 1. The molecule has 3 rings (SSSR count). The van der Waals surface area contributed by atoms with Crippen LogP contribution >= 0.6 is 0 Å². The zero-order valence-electron chi connectivity index (χ0n) is 12.9. The molecule has 0 spiro atoms. The van der Waals surface area contributed by atoms with Gasteiger partial charge in [0.15, 0.2) is 0 Å². The maximum absolute atomic E-state index is 12.2. The Morgan fingerprint density at radius 1 is 1.35 bits per heavy atom. The third-order valence-electron chi connectivity index (χ3n) is 3.57. The van der Waals surface area contributed by atoms with E-state index in [0.717, 1.165) is 16.8 Å².